The van der Waals surface area contributed by atoms with E-state index in [9.17, 15) is 9.59 Å². The minimum Gasteiger partial charge on any atom is -0.351 e. The van der Waals surface area contributed by atoms with Crippen LogP contribution in [-0.2, 0) is 4.79 Å². The SMILES string of the molecule is NC(=O)Nc1ccc(NC(=O)CC2CCNCC2)cc1. The summed E-state index contributed by atoms with van der Waals surface area (Å²) in [5.74, 6) is 0.500. The van der Waals surface area contributed by atoms with Crippen molar-refractivity contribution in [1.82, 2.24) is 5.32 Å². The van der Waals surface area contributed by atoms with E-state index < -0.39 is 6.03 Å². The summed E-state index contributed by atoms with van der Waals surface area (Å²) in [4.78, 5) is 22.6. The summed E-state index contributed by atoms with van der Waals surface area (Å²) < 4.78 is 0. The van der Waals surface area contributed by atoms with Gasteiger partial charge < -0.3 is 21.7 Å². The van der Waals surface area contributed by atoms with Crippen molar-refractivity contribution in [3.05, 3.63) is 24.3 Å². The third-order valence-corrected chi connectivity index (χ3v) is 3.37. The second kappa shape index (κ2) is 6.91. The molecule has 20 heavy (non-hydrogen) atoms. The first-order valence-corrected chi connectivity index (χ1v) is 6.80. The van der Waals surface area contributed by atoms with Crippen molar-refractivity contribution >= 4 is 23.3 Å². The van der Waals surface area contributed by atoms with Gasteiger partial charge in [-0.15, -0.1) is 0 Å². The van der Waals surface area contributed by atoms with Crippen LogP contribution < -0.4 is 21.7 Å². The number of piperidine rings is 1. The number of hydrogen-bond acceptors (Lipinski definition) is 3. The molecule has 0 spiro atoms. The lowest BCUT2D eigenvalue weighted by molar-refractivity contribution is -0.117. The van der Waals surface area contributed by atoms with Crippen molar-refractivity contribution in [2.24, 2.45) is 11.7 Å². The molecular formula is C14H20N4O2. The lowest BCUT2D eigenvalue weighted by Gasteiger charge is -2.21. The summed E-state index contributed by atoms with van der Waals surface area (Å²) in [7, 11) is 0. The zero-order valence-corrected chi connectivity index (χ0v) is 11.3. The molecule has 0 unspecified atom stereocenters. The predicted molar refractivity (Wildman–Crippen MR) is 78.5 cm³/mol. The Morgan fingerprint density at radius 3 is 2.20 bits per heavy atom. The average molecular weight is 276 g/mol. The van der Waals surface area contributed by atoms with Crippen LogP contribution in [0.3, 0.4) is 0 Å². The van der Waals surface area contributed by atoms with Crippen LogP contribution in [0.25, 0.3) is 0 Å². The normalized spacial score (nSPS) is 15.6. The molecule has 0 aromatic heterocycles. The Labute approximate surface area is 118 Å². The van der Waals surface area contributed by atoms with E-state index in [1.807, 2.05) is 0 Å². The first-order valence-electron chi connectivity index (χ1n) is 6.80. The van der Waals surface area contributed by atoms with Crippen LogP contribution in [0.2, 0.25) is 0 Å². The van der Waals surface area contributed by atoms with Crippen LogP contribution in [0, 0.1) is 5.92 Å². The number of hydrogen-bond donors (Lipinski definition) is 4. The van der Waals surface area contributed by atoms with Crippen LogP contribution in [0.15, 0.2) is 24.3 Å². The second-order valence-corrected chi connectivity index (χ2v) is 5.01. The molecule has 0 aliphatic carbocycles. The Balaban J connectivity index is 1.82. The van der Waals surface area contributed by atoms with E-state index in [-0.39, 0.29) is 5.91 Å². The number of urea groups is 1. The van der Waals surface area contributed by atoms with Gasteiger partial charge in [-0.25, -0.2) is 4.79 Å². The standard InChI is InChI=1S/C14H20N4O2/c15-14(20)18-12-3-1-11(2-4-12)17-13(19)9-10-5-7-16-8-6-10/h1-4,10,16H,5-9H2,(H,17,19)(H3,15,18,20). The molecule has 1 aliphatic heterocycles. The molecule has 1 aromatic carbocycles. The fourth-order valence-electron chi connectivity index (χ4n) is 2.34. The highest BCUT2D eigenvalue weighted by atomic mass is 16.2. The van der Waals surface area contributed by atoms with Crippen LogP contribution in [0.4, 0.5) is 16.2 Å². The van der Waals surface area contributed by atoms with E-state index in [1.165, 1.54) is 0 Å². The largest absolute Gasteiger partial charge is 0.351 e. The summed E-state index contributed by atoms with van der Waals surface area (Å²) in [5.41, 5.74) is 6.35. The highest BCUT2D eigenvalue weighted by molar-refractivity contribution is 5.92. The van der Waals surface area contributed by atoms with Crippen LogP contribution in [0.1, 0.15) is 19.3 Å². The molecule has 0 saturated carbocycles. The molecule has 1 saturated heterocycles. The predicted octanol–water partition coefficient (Wildman–Crippen LogP) is 1.51. The van der Waals surface area contributed by atoms with Crippen LogP contribution in [0.5, 0.6) is 0 Å². The van der Waals surface area contributed by atoms with Crippen molar-refractivity contribution in [3.8, 4) is 0 Å². The molecule has 0 atom stereocenters. The monoisotopic (exact) mass is 276 g/mol. The Morgan fingerprint density at radius 2 is 1.65 bits per heavy atom. The molecule has 0 radical (unpaired) electrons. The summed E-state index contributed by atoms with van der Waals surface area (Å²) in [6.45, 7) is 1.98. The van der Waals surface area contributed by atoms with Gasteiger partial charge in [-0.2, -0.15) is 0 Å². The Kier molecular flexibility index (Phi) is 4.95. The molecule has 5 N–H and O–H groups in total. The minimum absolute atomic E-state index is 0.0347. The number of nitrogens with two attached hydrogens (primary N) is 1. The second-order valence-electron chi connectivity index (χ2n) is 5.01. The highest BCUT2D eigenvalue weighted by Gasteiger charge is 2.16. The molecule has 108 valence electrons. The number of amides is 3. The highest BCUT2D eigenvalue weighted by Crippen LogP contribution is 2.18. The number of benzene rings is 1. The van der Waals surface area contributed by atoms with Crippen molar-refractivity contribution in [2.75, 3.05) is 23.7 Å². The van der Waals surface area contributed by atoms with Gasteiger partial charge >= 0.3 is 6.03 Å². The fraction of sp³-hybridized carbons (Fsp3) is 0.429. The van der Waals surface area contributed by atoms with Gasteiger partial charge in [0.05, 0.1) is 0 Å². The minimum atomic E-state index is -0.604. The number of rotatable bonds is 4. The molecule has 1 heterocycles. The van der Waals surface area contributed by atoms with E-state index >= 15 is 0 Å². The molecule has 1 fully saturated rings. The maximum Gasteiger partial charge on any atom is 0.316 e. The van der Waals surface area contributed by atoms with Crippen LogP contribution >= 0.6 is 0 Å². The van der Waals surface area contributed by atoms with E-state index in [0.29, 0.717) is 18.0 Å². The topological polar surface area (TPSA) is 96.2 Å². The van der Waals surface area contributed by atoms with Gasteiger partial charge in [0, 0.05) is 17.8 Å². The lowest BCUT2D eigenvalue weighted by atomic mass is 9.94. The zero-order valence-electron chi connectivity index (χ0n) is 11.3. The molecule has 6 heteroatoms. The van der Waals surface area contributed by atoms with Gasteiger partial charge in [-0.05, 0) is 56.1 Å². The molecule has 3 amide bonds. The number of carbonyl (C=O) groups is 2. The zero-order chi connectivity index (χ0) is 14.4. The van der Waals surface area contributed by atoms with E-state index in [1.54, 1.807) is 24.3 Å². The van der Waals surface area contributed by atoms with Crippen LogP contribution in [-0.4, -0.2) is 25.0 Å². The summed E-state index contributed by atoms with van der Waals surface area (Å²) >= 11 is 0. The van der Waals surface area contributed by atoms with Crippen molar-refractivity contribution in [3.63, 3.8) is 0 Å². The van der Waals surface area contributed by atoms with Gasteiger partial charge in [-0.3, -0.25) is 4.79 Å². The van der Waals surface area contributed by atoms with E-state index in [0.717, 1.165) is 31.6 Å². The Morgan fingerprint density at radius 1 is 1.10 bits per heavy atom. The maximum absolute atomic E-state index is 11.9. The smallest absolute Gasteiger partial charge is 0.316 e. The quantitative estimate of drug-likeness (QED) is 0.671. The molecule has 1 aromatic rings. The first kappa shape index (κ1) is 14.3. The van der Waals surface area contributed by atoms with Gasteiger partial charge in [0.25, 0.3) is 0 Å². The number of nitrogens with one attached hydrogen (secondary N) is 3. The number of anilines is 2. The fourth-order valence-corrected chi connectivity index (χ4v) is 2.34. The number of carbonyl (C=O) groups excluding carboxylic acids is 2. The van der Waals surface area contributed by atoms with Crippen molar-refractivity contribution in [1.29, 1.82) is 0 Å². The third-order valence-electron chi connectivity index (χ3n) is 3.37. The molecule has 0 bridgehead atoms. The van der Waals surface area contributed by atoms with Crippen molar-refractivity contribution < 1.29 is 9.59 Å². The molecule has 2 rings (SSSR count). The lowest BCUT2D eigenvalue weighted by Crippen LogP contribution is -2.30. The van der Waals surface area contributed by atoms with Crippen molar-refractivity contribution in [2.45, 2.75) is 19.3 Å². The third kappa shape index (κ3) is 4.55. The summed E-state index contributed by atoms with van der Waals surface area (Å²) in [5, 5.41) is 8.62. The average Bonchev–Trinajstić information content (AvgIpc) is 2.41. The van der Waals surface area contributed by atoms with E-state index in [4.69, 9.17) is 5.73 Å². The molecule has 1 aliphatic rings. The Hall–Kier alpha value is -2.08. The summed E-state index contributed by atoms with van der Waals surface area (Å²) in [6.07, 6.45) is 2.66. The maximum atomic E-state index is 11.9. The Bertz CT molecular complexity index is 467. The first-order chi connectivity index (χ1) is 9.63. The molecular weight excluding hydrogens is 256 g/mol. The summed E-state index contributed by atoms with van der Waals surface area (Å²) in [6, 6.07) is 6.28. The van der Waals surface area contributed by atoms with Gasteiger partial charge in [0.2, 0.25) is 5.91 Å². The van der Waals surface area contributed by atoms with Gasteiger partial charge in [-0.1, -0.05) is 0 Å². The van der Waals surface area contributed by atoms with Gasteiger partial charge in [0.15, 0.2) is 0 Å². The van der Waals surface area contributed by atoms with Gasteiger partial charge in [0.1, 0.15) is 0 Å². The number of primary amides is 1. The van der Waals surface area contributed by atoms with E-state index in [2.05, 4.69) is 16.0 Å². The molecule has 6 nitrogen and oxygen atoms in total.